The van der Waals surface area contributed by atoms with Gasteiger partial charge in [0.05, 0.1) is 0 Å². The number of nitrogens with two attached hydrogens (primary N) is 1. The van der Waals surface area contributed by atoms with E-state index in [9.17, 15) is 9.59 Å². The molecule has 1 atom stereocenters. The summed E-state index contributed by atoms with van der Waals surface area (Å²) in [6.07, 6.45) is 5.15. The molecule has 1 aliphatic heterocycles. The van der Waals surface area contributed by atoms with Crippen LogP contribution in [0.2, 0.25) is 5.15 Å². The van der Waals surface area contributed by atoms with Crippen molar-refractivity contribution < 1.29 is 9.59 Å². The minimum atomic E-state index is -0.376. The number of nitrogens with zero attached hydrogens (tertiary/aromatic N) is 5. The molecule has 1 fully saturated rings. The van der Waals surface area contributed by atoms with Gasteiger partial charge in [-0.1, -0.05) is 18.5 Å². The van der Waals surface area contributed by atoms with Gasteiger partial charge in [0, 0.05) is 37.2 Å². The normalized spacial score (nSPS) is 15.8. The van der Waals surface area contributed by atoms with Gasteiger partial charge in [0.2, 0.25) is 5.91 Å². The zero-order valence-electron chi connectivity index (χ0n) is 17.3. The Hall–Kier alpha value is -2.61. The highest BCUT2D eigenvalue weighted by atomic mass is 35.5. The number of halogens is 1. The minimum absolute atomic E-state index is 0.0184. The van der Waals surface area contributed by atoms with Gasteiger partial charge in [-0.05, 0) is 50.7 Å². The van der Waals surface area contributed by atoms with Crippen LogP contribution < -0.4 is 5.73 Å². The Kier molecular flexibility index (Phi) is 7.31. The Bertz CT molecular complexity index is 877. The van der Waals surface area contributed by atoms with Crippen molar-refractivity contribution in [3.63, 3.8) is 0 Å². The van der Waals surface area contributed by atoms with Crippen LogP contribution in [0, 0.1) is 18.8 Å². The van der Waals surface area contributed by atoms with Crippen LogP contribution in [-0.2, 0) is 11.2 Å². The summed E-state index contributed by atoms with van der Waals surface area (Å²) in [6, 6.07) is 3.29. The van der Waals surface area contributed by atoms with Crippen LogP contribution in [-0.4, -0.2) is 49.8 Å². The van der Waals surface area contributed by atoms with E-state index >= 15 is 0 Å². The van der Waals surface area contributed by atoms with Gasteiger partial charge in [-0.3, -0.25) is 9.59 Å². The number of hydrogen-bond acceptors (Lipinski definition) is 7. The van der Waals surface area contributed by atoms with Gasteiger partial charge in [0.1, 0.15) is 22.5 Å². The molecule has 30 heavy (non-hydrogen) atoms. The molecule has 160 valence electrons. The molecule has 1 saturated heterocycles. The number of Topliss-reactive ketones (excluding diaryl/α,β-unsaturated/α-hetero) is 1. The predicted octanol–water partition coefficient (Wildman–Crippen LogP) is 2.89. The molecule has 2 aromatic heterocycles. The molecule has 1 amide bonds. The van der Waals surface area contributed by atoms with Crippen LogP contribution in [0.15, 0.2) is 18.3 Å². The maximum Gasteiger partial charge on any atom is 0.225 e. The molecule has 2 aromatic rings. The Labute approximate surface area is 181 Å². The molecule has 0 saturated carbocycles. The second-order valence-electron chi connectivity index (χ2n) is 7.87. The molecule has 0 bridgehead atoms. The van der Waals surface area contributed by atoms with E-state index in [-0.39, 0.29) is 24.0 Å². The highest BCUT2D eigenvalue weighted by Crippen LogP contribution is 2.27. The van der Waals surface area contributed by atoms with Crippen molar-refractivity contribution in [1.82, 2.24) is 25.1 Å². The van der Waals surface area contributed by atoms with Crippen LogP contribution in [0.1, 0.15) is 54.5 Å². The standard InChI is InChI=1S/C21H27ClN6O2/c1-13(12-18(29)17-4-3-9-24-27-17)21(30)28-10-7-15(8-11-28)5-6-16-19(22)25-14(2)26-20(16)23/h3-4,9,13,15H,5-8,10-12H2,1-2H3,(H2,23,25,26)/t13-/m1/s1. The molecule has 8 nitrogen and oxygen atoms in total. The molecule has 3 heterocycles. The first-order valence-electron chi connectivity index (χ1n) is 10.2. The van der Waals surface area contributed by atoms with Crippen molar-refractivity contribution in [2.24, 2.45) is 11.8 Å². The summed E-state index contributed by atoms with van der Waals surface area (Å²) in [4.78, 5) is 35.3. The molecule has 1 aliphatic rings. The molecule has 3 rings (SSSR count). The van der Waals surface area contributed by atoms with Gasteiger partial charge < -0.3 is 10.6 Å². The lowest BCUT2D eigenvalue weighted by Crippen LogP contribution is -2.41. The van der Waals surface area contributed by atoms with Crippen molar-refractivity contribution >= 4 is 29.1 Å². The van der Waals surface area contributed by atoms with Crippen LogP contribution >= 0.6 is 11.6 Å². The summed E-state index contributed by atoms with van der Waals surface area (Å²) in [5.41, 5.74) is 7.09. The van der Waals surface area contributed by atoms with Crippen molar-refractivity contribution in [1.29, 1.82) is 0 Å². The molecule has 0 radical (unpaired) electrons. The van der Waals surface area contributed by atoms with E-state index in [1.165, 1.54) is 6.20 Å². The molecule has 0 aromatic carbocycles. The number of hydrogen-bond donors (Lipinski definition) is 1. The van der Waals surface area contributed by atoms with Crippen molar-refractivity contribution in [3.8, 4) is 0 Å². The van der Waals surface area contributed by atoms with Gasteiger partial charge in [-0.2, -0.15) is 5.10 Å². The Morgan fingerprint density at radius 3 is 2.67 bits per heavy atom. The first-order chi connectivity index (χ1) is 14.3. The number of aromatic nitrogens is 4. The number of rotatable bonds is 7. The zero-order chi connectivity index (χ0) is 21.7. The largest absolute Gasteiger partial charge is 0.383 e. The third-order valence-electron chi connectivity index (χ3n) is 5.60. The SMILES string of the molecule is Cc1nc(N)c(CCC2CCN(C(=O)[C@H](C)CC(=O)c3cccnn3)CC2)c(Cl)n1. The predicted molar refractivity (Wildman–Crippen MR) is 114 cm³/mol. The third-order valence-corrected chi connectivity index (χ3v) is 5.91. The molecule has 0 spiro atoms. The molecule has 2 N–H and O–H groups in total. The number of carbonyl (C=O) groups is 2. The van der Waals surface area contributed by atoms with Gasteiger partial charge in [0.15, 0.2) is 5.78 Å². The summed E-state index contributed by atoms with van der Waals surface area (Å²) in [6.45, 7) is 4.95. The molecular formula is C21H27ClN6O2. The van der Waals surface area contributed by atoms with Gasteiger partial charge in [0.25, 0.3) is 0 Å². The quantitative estimate of drug-likeness (QED) is 0.530. The summed E-state index contributed by atoms with van der Waals surface area (Å²) < 4.78 is 0. The number of nitrogen functional groups attached to an aromatic ring is 1. The summed E-state index contributed by atoms with van der Waals surface area (Å²) in [7, 11) is 0. The van der Waals surface area contributed by atoms with Gasteiger partial charge in [-0.15, -0.1) is 5.10 Å². The van der Waals surface area contributed by atoms with E-state index in [2.05, 4.69) is 20.2 Å². The summed E-state index contributed by atoms with van der Waals surface area (Å²) in [5, 5.41) is 7.97. The average Bonchev–Trinajstić information content (AvgIpc) is 2.73. The molecule has 0 aliphatic carbocycles. The van der Waals surface area contributed by atoms with Gasteiger partial charge in [-0.25, -0.2) is 9.97 Å². The van der Waals surface area contributed by atoms with Crippen LogP contribution in [0.3, 0.4) is 0 Å². The number of likely N-dealkylation sites (tertiary alicyclic amines) is 1. The lowest BCUT2D eigenvalue weighted by atomic mass is 9.90. The number of anilines is 1. The summed E-state index contributed by atoms with van der Waals surface area (Å²) in [5.74, 6) is 0.988. The third kappa shape index (κ3) is 5.50. The maximum atomic E-state index is 12.8. The lowest BCUT2D eigenvalue weighted by Gasteiger charge is -2.33. The fourth-order valence-corrected chi connectivity index (χ4v) is 4.15. The van der Waals surface area contributed by atoms with Crippen molar-refractivity contribution in [3.05, 3.63) is 40.6 Å². The highest BCUT2D eigenvalue weighted by molar-refractivity contribution is 6.30. The maximum absolute atomic E-state index is 12.8. The Morgan fingerprint density at radius 1 is 1.30 bits per heavy atom. The van der Waals surface area contributed by atoms with E-state index in [0.717, 1.165) is 31.2 Å². The first kappa shape index (κ1) is 22.1. The fourth-order valence-electron chi connectivity index (χ4n) is 3.84. The summed E-state index contributed by atoms with van der Waals surface area (Å²) >= 11 is 6.22. The lowest BCUT2D eigenvalue weighted by molar-refractivity contribution is -0.136. The second-order valence-corrected chi connectivity index (χ2v) is 8.23. The van der Waals surface area contributed by atoms with Crippen LogP contribution in [0.25, 0.3) is 0 Å². The number of carbonyl (C=O) groups excluding carboxylic acids is 2. The number of piperidine rings is 1. The van der Waals surface area contributed by atoms with Gasteiger partial charge >= 0.3 is 0 Å². The average molecular weight is 431 g/mol. The Morgan fingerprint density at radius 2 is 2.03 bits per heavy atom. The first-order valence-corrected chi connectivity index (χ1v) is 10.6. The topological polar surface area (TPSA) is 115 Å². The van der Waals surface area contributed by atoms with Crippen molar-refractivity contribution in [2.75, 3.05) is 18.8 Å². The Balaban J connectivity index is 1.47. The molecule has 0 unspecified atom stereocenters. The van der Waals surface area contributed by atoms with E-state index in [4.69, 9.17) is 17.3 Å². The van der Waals surface area contributed by atoms with Crippen LogP contribution in [0.5, 0.6) is 0 Å². The monoisotopic (exact) mass is 430 g/mol. The highest BCUT2D eigenvalue weighted by Gasteiger charge is 2.28. The molecular weight excluding hydrogens is 404 g/mol. The zero-order valence-corrected chi connectivity index (χ0v) is 18.1. The fraction of sp³-hybridized carbons (Fsp3) is 0.524. The number of aryl methyl sites for hydroxylation is 1. The van der Waals surface area contributed by atoms with E-state index < -0.39 is 0 Å². The molecule has 9 heteroatoms. The van der Waals surface area contributed by atoms with E-state index in [0.29, 0.717) is 41.5 Å². The second kappa shape index (κ2) is 9.93. The number of ketones is 1. The smallest absolute Gasteiger partial charge is 0.225 e. The van der Waals surface area contributed by atoms with E-state index in [1.807, 2.05) is 4.90 Å². The van der Waals surface area contributed by atoms with Crippen LogP contribution in [0.4, 0.5) is 5.82 Å². The minimum Gasteiger partial charge on any atom is -0.383 e. The van der Waals surface area contributed by atoms with E-state index in [1.54, 1.807) is 26.0 Å². The number of amides is 1. The van der Waals surface area contributed by atoms with Crippen molar-refractivity contribution in [2.45, 2.75) is 46.0 Å².